The van der Waals surface area contributed by atoms with E-state index in [9.17, 15) is 13.6 Å². The molecule has 2 heterocycles. The van der Waals surface area contributed by atoms with Crippen molar-refractivity contribution in [3.63, 3.8) is 0 Å². The van der Waals surface area contributed by atoms with Gasteiger partial charge in [0.2, 0.25) is 0 Å². The molecule has 4 rings (SSSR count). The SMILES string of the molecule is COCC(=O)N1N=C(C2=CC(F)CC=C2F)SC12CCOc1ccccc12. The van der Waals surface area contributed by atoms with Gasteiger partial charge in [-0.2, -0.15) is 5.10 Å². The molecule has 0 fully saturated rings. The van der Waals surface area contributed by atoms with Gasteiger partial charge >= 0.3 is 0 Å². The molecule has 1 spiro atoms. The van der Waals surface area contributed by atoms with Crippen LogP contribution in [0, 0.1) is 0 Å². The molecule has 27 heavy (non-hydrogen) atoms. The monoisotopic (exact) mass is 392 g/mol. The maximum absolute atomic E-state index is 14.4. The Hall–Kier alpha value is -2.19. The number of hydrogen-bond acceptors (Lipinski definition) is 5. The van der Waals surface area contributed by atoms with Gasteiger partial charge in [0, 0.05) is 31.1 Å². The molecule has 8 heteroatoms. The van der Waals surface area contributed by atoms with Crippen LogP contribution in [0.15, 0.2) is 52.9 Å². The molecule has 0 radical (unpaired) electrons. The number of ether oxygens (including phenoxy) is 2. The normalized spacial score (nSPS) is 26.9. The Balaban J connectivity index is 1.80. The quantitative estimate of drug-likeness (QED) is 0.788. The van der Waals surface area contributed by atoms with Crippen molar-refractivity contribution in [3.8, 4) is 5.75 Å². The molecule has 5 nitrogen and oxygen atoms in total. The minimum Gasteiger partial charge on any atom is -0.493 e. The first kappa shape index (κ1) is 18.2. The van der Waals surface area contributed by atoms with Gasteiger partial charge in [-0.3, -0.25) is 4.79 Å². The van der Waals surface area contributed by atoms with Crippen LogP contribution < -0.4 is 4.74 Å². The highest BCUT2D eigenvalue weighted by molar-refractivity contribution is 8.15. The van der Waals surface area contributed by atoms with Crippen LogP contribution in [0.4, 0.5) is 8.78 Å². The van der Waals surface area contributed by atoms with Gasteiger partial charge in [0.1, 0.15) is 34.3 Å². The van der Waals surface area contributed by atoms with Gasteiger partial charge in [-0.15, -0.1) is 0 Å². The predicted octanol–water partition coefficient (Wildman–Crippen LogP) is 3.68. The largest absolute Gasteiger partial charge is 0.493 e. The van der Waals surface area contributed by atoms with Crippen LogP contribution in [0.1, 0.15) is 18.4 Å². The summed E-state index contributed by atoms with van der Waals surface area (Å²) in [5, 5.41) is 6.03. The zero-order chi connectivity index (χ0) is 19.0. The number of carbonyl (C=O) groups excluding carboxylic acids is 1. The number of nitrogens with zero attached hydrogens (tertiary/aromatic N) is 2. The van der Waals surface area contributed by atoms with Crippen molar-refractivity contribution in [2.45, 2.75) is 23.9 Å². The van der Waals surface area contributed by atoms with Crippen molar-refractivity contribution >= 4 is 22.7 Å². The lowest BCUT2D eigenvalue weighted by Gasteiger charge is -2.39. The molecular formula is C19H18F2N2O3S. The van der Waals surface area contributed by atoms with Crippen LogP contribution in [0.2, 0.25) is 0 Å². The van der Waals surface area contributed by atoms with Gasteiger partial charge in [-0.05, 0) is 18.2 Å². The van der Waals surface area contributed by atoms with E-state index in [-0.39, 0.29) is 29.6 Å². The Kier molecular flexibility index (Phi) is 4.77. The van der Waals surface area contributed by atoms with Crippen molar-refractivity contribution in [1.82, 2.24) is 5.01 Å². The Morgan fingerprint density at radius 2 is 2.30 bits per heavy atom. The molecule has 0 bridgehead atoms. The molecular weight excluding hydrogens is 374 g/mol. The van der Waals surface area contributed by atoms with Gasteiger partial charge in [-0.25, -0.2) is 13.8 Å². The van der Waals surface area contributed by atoms with Crippen molar-refractivity contribution in [1.29, 1.82) is 0 Å². The minimum absolute atomic E-state index is 0.00140. The van der Waals surface area contributed by atoms with Crippen molar-refractivity contribution < 1.29 is 23.0 Å². The molecule has 1 aromatic carbocycles. The highest BCUT2D eigenvalue weighted by Gasteiger charge is 2.52. The maximum Gasteiger partial charge on any atom is 0.270 e. The van der Waals surface area contributed by atoms with Gasteiger partial charge < -0.3 is 9.47 Å². The summed E-state index contributed by atoms with van der Waals surface area (Å²) < 4.78 is 38.9. The summed E-state index contributed by atoms with van der Waals surface area (Å²) in [6.07, 6.45) is 1.64. The lowest BCUT2D eigenvalue weighted by molar-refractivity contribution is -0.139. The zero-order valence-electron chi connectivity index (χ0n) is 14.7. The number of benzene rings is 1. The molecule has 2 aliphatic heterocycles. The van der Waals surface area contributed by atoms with Gasteiger partial charge in [0.15, 0.2) is 0 Å². The summed E-state index contributed by atoms with van der Waals surface area (Å²) in [5.41, 5.74) is 0.872. The van der Waals surface area contributed by atoms with Gasteiger partial charge in [0.25, 0.3) is 5.91 Å². The average Bonchev–Trinajstić information content (AvgIpc) is 3.04. The van der Waals surface area contributed by atoms with Crippen LogP contribution in [-0.4, -0.2) is 42.5 Å². The molecule has 0 N–H and O–H groups in total. The molecule has 3 aliphatic rings. The number of amides is 1. The molecule has 0 saturated heterocycles. The van der Waals surface area contributed by atoms with Crippen LogP contribution in [0.25, 0.3) is 0 Å². The molecule has 142 valence electrons. The summed E-state index contributed by atoms with van der Waals surface area (Å²) in [6, 6.07) is 7.39. The minimum atomic E-state index is -1.27. The number of thioether (sulfide) groups is 1. The van der Waals surface area contributed by atoms with E-state index in [1.165, 1.54) is 36.0 Å². The average molecular weight is 392 g/mol. The van der Waals surface area contributed by atoms with E-state index < -0.39 is 16.9 Å². The third kappa shape index (κ3) is 3.06. The van der Waals surface area contributed by atoms with Crippen LogP contribution in [-0.2, 0) is 14.4 Å². The van der Waals surface area contributed by atoms with E-state index in [4.69, 9.17) is 9.47 Å². The van der Waals surface area contributed by atoms with Crippen LogP contribution in [0.3, 0.4) is 0 Å². The van der Waals surface area contributed by atoms with E-state index in [2.05, 4.69) is 5.10 Å². The predicted molar refractivity (Wildman–Crippen MR) is 98.8 cm³/mol. The van der Waals surface area contributed by atoms with Crippen LogP contribution in [0.5, 0.6) is 5.75 Å². The third-order valence-electron chi connectivity index (χ3n) is 4.67. The van der Waals surface area contributed by atoms with Crippen molar-refractivity contribution in [3.05, 3.63) is 53.4 Å². The second kappa shape index (κ2) is 7.09. The molecule has 0 aromatic heterocycles. The number of para-hydroxylation sites is 1. The number of carbonyl (C=O) groups is 1. The smallest absolute Gasteiger partial charge is 0.270 e. The highest BCUT2D eigenvalue weighted by atomic mass is 32.2. The number of fused-ring (bicyclic) bond motifs is 2. The Morgan fingerprint density at radius 1 is 1.48 bits per heavy atom. The molecule has 0 saturated carbocycles. The van der Waals surface area contributed by atoms with Crippen LogP contribution >= 0.6 is 11.8 Å². The number of halogens is 2. The fourth-order valence-electron chi connectivity index (χ4n) is 3.45. The second-order valence-corrected chi connectivity index (χ2v) is 7.68. The standard InChI is InChI=1S/C19H18F2N2O3S/c1-25-11-17(24)23-19(8-9-26-16-5-3-2-4-14(16)19)27-18(22-23)13-10-12(20)6-7-15(13)21/h2-5,7,10,12H,6,8-9,11H2,1H3. The van der Waals surface area contributed by atoms with E-state index >= 15 is 0 Å². The third-order valence-corrected chi connectivity index (χ3v) is 6.10. The van der Waals surface area contributed by atoms with Gasteiger partial charge in [0.05, 0.1) is 6.61 Å². The fraction of sp³-hybridized carbons (Fsp3) is 0.368. The number of allylic oxidation sites excluding steroid dienone is 3. The molecule has 2 unspecified atom stereocenters. The summed E-state index contributed by atoms with van der Waals surface area (Å²) in [7, 11) is 1.43. The second-order valence-electron chi connectivity index (χ2n) is 6.41. The number of hydrogen-bond donors (Lipinski definition) is 0. The van der Waals surface area contributed by atoms with E-state index in [0.717, 1.165) is 5.56 Å². The number of alkyl halides is 1. The first-order chi connectivity index (χ1) is 13.0. The Labute approximate surface area is 159 Å². The van der Waals surface area contributed by atoms with Crippen molar-refractivity contribution in [2.24, 2.45) is 5.10 Å². The summed E-state index contributed by atoms with van der Waals surface area (Å²) in [6.45, 7) is 0.220. The van der Waals surface area contributed by atoms with E-state index in [1.807, 2.05) is 24.3 Å². The topological polar surface area (TPSA) is 51.1 Å². The highest BCUT2D eigenvalue weighted by Crippen LogP contribution is 2.54. The lowest BCUT2D eigenvalue weighted by atomic mass is 9.99. The fourth-order valence-corrected chi connectivity index (χ4v) is 4.86. The molecule has 1 amide bonds. The summed E-state index contributed by atoms with van der Waals surface area (Å²) >= 11 is 1.25. The van der Waals surface area contributed by atoms with E-state index in [1.54, 1.807) is 0 Å². The summed E-state index contributed by atoms with van der Waals surface area (Å²) in [5.74, 6) is -0.221. The van der Waals surface area contributed by atoms with E-state index in [0.29, 0.717) is 18.8 Å². The lowest BCUT2D eigenvalue weighted by Crippen LogP contribution is -2.45. The molecule has 1 aliphatic carbocycles. The number of hydrazone groups is 1. The Morgan fingerprint density at radius 3 is 3.11 bits per heavy atom. The maximum atomic E-state index is 14.4. The van der Waals surface area contributed by atoms with Gasteiger partial charge in [-0.1, -0.05) is 30.0 Å². The Bertz CT molecular complexity index is 870. The number of methoxy groups -OCH3 is 1. The zero-order valence-corrected chi connectivity index (χ0v) is 15.5. The summed E-state index contributed by atoms with van der Waals surface area (Å²) in [4.78, 5) is 11.9. The molecule has 1 aromatic rings. The first-order valence-corrected chi connectivity index (χ1v) is 9.41. The van der Waals surface area contributed by atoms with Crippen molar-refractivity contribution in [2.75, 3.05) is 20.3 Å². The molecule has 2 atom stereocenters. The number of rotatable bonds is 3. The first-order valence-electron chi connectivity index (χ1n) is 8.59.